The Kier molecular flexibility index (Phi) is 5.08. The van der Waals surface area contributed by atoms with Crippen molar-refractivity contribution in [3.05, 3.63) is 58.3 Å². The zero-order valence-electron chi connectivity index (χ0n) is 14.3. The van der Waals surface area contributed by atoms with Gasteiger partial charge in [0.15, 0.2) is 0 Å². The van der Waals surface area contributed by atoms with E-state index in [0.717, 1.165) is 17.7 Å². The second-order valence-electron chi connectivity index (χ2n) is 6.87. The second kappa shape index (κ2) is 7.03. The zero-order valence-corrected chi connectivity index (χ0v) is 14.3. The highest BCUT2D eigenvalue weighted by atomic mass is 15.1. The predicted molar refractivity (Wildman–Crippen MR) is 91.8 cm³/mol. The summed E-state index contributed by atoms with van der Waals surface area (Å²) in [4.78, 5) is 2.06. The summed E-state index contributed by atoms with van der Waals surface area (Å²) >= 11 is 0. The van der Waals surface area contributed by atoms with Gasteiger partial charge in [-0.3, -0.25) is 0 Å². The highest BCUT2D eigenvalue weighted by Gasteiger charge is 2.34. The van der Waals surface area contributed by atoms with Crippen LogP contribution in [0.25, 0.3) is 0 Å². The first-order valence-corrected chi connectivity index (χ1v) is 7.84. The van der Waals surface area contributed by atoms with Gasteiger partial charge in [0.2, 0.25) is 0 Å². The van der Waals surface area contributed by atoms with Crippen molar-refractivity contribution in [2.45, 2.75) is 33.2 Å². The van der Waals surface area contributed by atoms with Gasteiger partial charge in [-0.2, -0.15) is 15.8 Å². The van der Waals surface area contributed by atoms with Crippen LogP contribution in [-0.2, 0) is 6.54 Å². The van der Waals surface area contributed by atoms with E-state index < -0.39 is 0 Å². The van der Waals surface area contributed by atoms with Crippen molar-refractivity contribution >= 4 is 0 Å². The summed E-state index contributed by atoms with van der Waals surface area (Å²) in [5, 5.41) is 28.2. The fourth-order valence-electron chi connectivity index (χ4n) is 3.13. The number of hydrogen-bond acceptors (Lipinski definition) is 4. The Labute approximate surface area is 143 Å². The molecule has 0 unspecified atom stereocenters. The van der Waals surface area contributed by atoms with Crippen LogP contribution in [-0.4, -0.2) is 11.9 Å². The Balaban J connectivity index is 2.51. The van der Waals surface area contributed by atoms with Crippen LogP contribution in [0, 0.1) is 39.4 Å². The van der Waals surface area contributed by atoms with Crippen molar-refractivity contribution in [3.8, 4) is 18.2 Å². The maximum Gasteiger partial charge on any atom is 0.134 e. The second-order valence-corrected chi connectivity index (χ2v) is 6.87. The van der Waals surface area contributed by atoms with E-state index in [1.54, 1.807) is 0 Å². The van der Waals surface area contributed by atoms with Crippen LogP contribution in [0.3, 0.4) is 0 Å². The molecule has 1 aromatic carbocycles. The zero-order chi connectivity index (χ0) is 17.7. The molecule has 4 heteroatoms. The summed E-state index contributed by atoms with van der Waals surface area (Å²) in [5.41, 5.74) is 3.05. The maximum atomic E-state index is 9.67. The molecule has 0 bridgehead atoms. The molecule has 0 N–H and O–H groups in total. The first-order chi connectivity index (χ1) is 11.4. The lowest BCUT2D eigenvalue weighted by Gasteiger charge is -2.37. The third-order valence-corrected chi connectivity index (χ3v) is 4.25. The highest BCUT2D eigenvalue weighted by molar-refractivity contribution is 5.57. The molecule has 0 saturated carbocycles. The van der Waals surface area contributed by atoms with E-state index in [4.69, 9.17) is 0 Å². The van der Waals surface area contributed by atoms with Crippen molar-refractivity contribution in [1.29, 1.82) is 15.8 Å². The minimum absolute atomic E-state index is 0.0462. The third-order valence-electron chi connectivity index (χ3n) is 4.25. The third kappa shape index (κ3) is 3.65. The summed E-state index contributed by atoms with van der Waals surface area (Å²) in [7, 11) is 1.96. The number of allylic oxidation sites excluding steroid dienone is 4. The Morgan fingerprint density at radius 2 is 1.71 bits per heavy atom. The number of hydrogen-bond donors (Lipinski definition) is 0. The van der Waals surface area contributed by atoms with Crippen LogP contribution < -0.4 is 0 Å². The monoisotopic (exact) mass is 316 g/mol. The lowest BCUT2D eigenvalue weighted by Crippen LogP contribution is -2.29. The fraction of sp³-hybridized carbons (Fsp3) is 0.350. The molecule has 0 spiro atoms. The maximum absolute atomic E-state index is 9.67. The lowest BCUT2D eigenvalue weighted by atomic mass is 9.72. The molecule has 0 amide bonds. The Morgan fingerprint density at radius 3 is 2.25 bits per heavy atom. The molecule has 0 saturated heterocycles. The van der Waals surface area contributed by atoms with Gasteiger partial charge in [-0.05, 0) is 23.8 Å². The summed E-state index contributed by atoms with van der Waals surface area (Å²) in [6, 6.07) is 16.2. The number of nitriles is 3. The highest BCUT2D eigenvalue weighted by Crippen LogP contribution is 2.43. The van der Waals surface area contributed by atoms with Crippen LogP contribution >= 0.6 is 0 Å². The number of nitrogens with zero attached hydrogens (tertiary/aromatic N) is 4. The normalized spacial score (nSPS) is 15.9. The van der Waals surface area contributed by atoms with E-state index >= 15 is 0 Å². The lowest BCUT2D eigenvalue weighted by molar-refractivity contribution is 0.283. The number of benzene rings is 1. The summed E-state index contributed by atoms with van der Waals surface area (Å²) in [6.45, 7) is 4.88. The van der Waals surface area contributed by atoms with Gasteiger partial charge in [-0.1, -0.05) is 44.2 Å². The summed E-state index contributed by atoms with van der Waals surface area (Å²) in [6.07, 6.45) is 1.31. The Morgan fingerprint density at radius 1 is 1.08 bits per heavy atom. The van der Waals surface area contributed by atoms with E-state index in [1.807, 2.05) is 49.5 Å². The minimum atomic E-state index is -0.102. The topological polar surface area (TPSA) is 74.6 Å². The van der Waals surface area contributed by atoms with Gasteiger partial charge in [0.25, 0.3) is 0 Å². The Hall–Kier alpha value is -3.03. The van der Waals surface area contributed by atoms with Gasteiger partial charge in [-0.25, -0.2) is 0 Å². The van der Waals surface area contributed by atoms with Crippen molar-refractivity contribution < 1.29 is 0 Å². The molecule has 2 rings (SSSR count). The average Bonchev–Trinajstić information content (AvgIpc) is 2.55. The van der Waals surface area contributed by atoms with Gasteiger partial charge < -0.3 is 4.90 Å². The Bertz CT molecular complexity index is 792. The molecule has 1 aliphatic rings. The number of rotatable bonds is 3. The molecule has 0 aromatic heterocycles. The van der Waals surface area contributed by atoms with Gasteiger partial charge in [0, 0.05) is 24.9 Å². The molecule has 24 heavy (non-hydrogen) atoms. The molecule has 0 aliphatic heterocycles. The van der Waals surface area contributed by atoms with Gasteiger partial charge in [0.05, 0.1) is 5.57 Å². The minimum Gasteiger partial charge on any atom is -0.372 e. The molecule has 1 aliphatic carbocycles. The van der Waals surface area contributed by atoms with E-state index in [0.29, 0.717) is 24.1 Å². The largest absolute Gasteiger partial charge is 0.372 e. The van der Waals surface area contributed by atoms with E-state index in [1.165, 1.54) is 0 Å². The molecule has 1 aromatic rings. The van der Waals surface area contributed by atoms with Gasteiger partial charge in [0.1, 0.15) is 23.8 Å². The van der Waals surface area contributed by atoms with Gasteiger partial charge >= 0.3 is 0 Å². The summed E-state index contributed by atoms with van der Waals surface area (Å²) in [5.74, 6) is 0. The van der Waals surface area contributed by atoms with Crippen molar-refractivity contribution in [3.63, 3.8) is 0 Å². The van der Waals surface area contributed by atoms with E-state index in [2.05, 4.69) is 24.8 Å². The molecule has 0 heterocycles. The summed E-state index contributed by atoms with van der Waals surface area (Å²) < 4.78 is 0. The standard InChI is InChI=1S/C20H20N4/c1-20(2)9-17(16(11-21)12-22)18(13-23)19(10-20)24(3)14-15-7-5-4-6-8-15/h4-8H,9-10,14H2,1-3H3. The molecule has 0 fully saturated rings. The predicted octanol–water partition coefficient (Wildman–Crippen LogP) is 4.06. The molecular weight excluding hydrogens is 296 g/mol. The molecular formula is C20H20N4. The van der Waals surface area contributed by atoms with Crippen LogP contribution in [0.2, 0.25) is 0 Å². The fourth-order valence-corrected chi connectivity index (χ4v) is 3.13. The van der Waals surface area contributed by atoms with Crippen molar-refractivity contribution in [2.24, 2.45) is 5.41 Å². The van der Waals surface area contributed by atoms with Crippen LogP contribution in [0.1, 0.15) is 32.3 Å². The van der Waals surface area contributed by atoms with Crippen molar-refractivity contribution in [1.82, 2.24) is 4.90 Å². The van der Waals surface area contributed by atoms with E-state index in [9.17, 15) is 15.8 Å². The first kappa shape index (κ1) is 17.3. The van der Waals surface area contributed by atoms with Crippen LogP contribution in [0.15, 0.2) is 52.7 Å². The molecule has 0 atom stereocenters. The average molecular weight is 316 g/mol. The smallest absolute Gasteiger partial charge is 0.134 e. The van der Waals surface area contributed by atoms with Crippen LogP contribution in [0.5, 0.6) is 0 Å². The molecule has 120 valence electrons. The van der Waals surface area contributed by atoms with Gasteiger partial charge in [-0.15, -0.1) is 0 Å². The SMILES string of the molecule is CN(Cc1ccccc1)C1=C(C#N)C(=C(C#N)C#N)CC(C)(C)C1. The van der Waals surface area contributed by atoms with E-state index in [-0.39, 0.29) is 11.0 Å². The quantitative estimate of drug-likeness (QED) is 0.788. The van der Waals surface area contributed by atoms with Crippen molar-refractivity contribution in [2.75, 3.05) is 7.05 Å². The first-order valence-electron chi connectivity index (χ1n) is 7.84. The molecule has 4 nitrogen and oxygen atoms in total. The van der Waals surface area contributed by atoms with Crippen LogP contribution in [0.4, 0.5) is 0 Å². The molecule has 0 radical (unpaired) electrons.